The quantitative estimate of drug-likeness (QED) is 0.598. The van der Waals surface area contributed by atoms with E-state index < -0.39 is 0 Å². The first-order valence-electron chi connectivity index (χ1n) is 11.7. The number of rotatable bonds is 9. The van der Waals surface area contributed by atoms with Crippen molar-refractivity contribution in [3.8, 4) is 0 Å². The van der Waals surface area contributed by atoms with E-state index in [9.17, 15) is 5.11 Å². The van der Waals surface area contributed by atoms with Gasteiger partial charge in [0, 0.05) is 51.2 Å². The summed E-state index contributed by atoms with van der Waals surface area (Å²) in [5.74, 6) is 2.39. The van der Waals surface area contributed by atoms with Crippen LogP contribution in [0.15, 0.2) is 48.0 Å². The van der Waals surface area contributed by atoms with Crippen LogP contribution in [0.4, 0.5) is 11.5 Å². The zero-order chi connectivity index (χ0) is 23.2. The summed E-state index contributed by atoms with van der Waals surface area (Å²) in [6, 6.07) is 6.14. The molecule has 1 aromatic carbocycles. The molecule has 1 saturated heterocycles. The number of fused-ring (bicyclic) bond motifs is 1. The van der Waals surface area contributed by atoms with Crippen molar-refractivity contribution in [2.45, 2.75) is 31.8 Å². The van der Waals surface area contributed by atoms with Gasteiger partial charge in [0.05, 0.1) is 30.4 Å². The number of nitrogens with zero attached hydrogens (tertiary/aromatic N) is 4. The van der Waals surface area contributed by atoms with Crippen LogP contribution in [-0.2, 0) is 9.47 Å². The molecule has 1 atom stereocenters. The van der Waals surface area contributed by atoms with E-state index in [0.29, 0.717) is 25.3 Å². The van der Waals surface area contributed by atoms with Crippen LogP contribution in [0.1, 0.15) is 25.7 Å². The second-order valence-corrected chi connectivity index (χ2v) is 8.68. The first-order valence-corrected chi connectivity index (χ1v) is 11.7. The SMILES string of the molecule is COC1=CC(N(CCCO)c2ccc3ncc(N4CCC(CN)CC4)nc3c2)=CC(OC)C1. The number of allylic oxidation sites excluding steroid dienone is 1. The van der Waals surface area contributed by atoms with Gasteiger partial charge in [-0.1, -0.05) is 0 Å². The van der Waals surface area contributed by atoms with Crippen LogP contribution in [0.5, 0.6) is 0 Å². The van der Waals surface area contributed by atoms with E-state index in [1.165, 1.54) is 0 Å². The molecule has 178 valence electrons. The van der Waals surface area contributed by atoms with Crippen molar-refractivity contribution in [1.82, 2.24) is 9.97 Å². The number of ether oxygens (including phenoxy) is 2. The van der Waals surface area contributed by atoms with E-state index in [1.807, 2.05) is 18.3 Å². The lowest BCUT2D eigenvalue weighted by molar-refractivity contribution is 0.120. The number of aliphatic hydroxyl groups excluding tert-OH is 1. The van der Waals surface area contributed by atoms with Crippen LogP contribution in [0.3, 0.4) is 0 Å². The highest BCUT2D eigenvalue weighted by atomic mass is 16.5. The van der Waals surface area contributed by atoms with Gasteiger partial charge >= 0.3 is 0 Å². The second-order valence-electron chi connectivity index (χ2n) is 8.68. The van der Waals surface area contributed by atoms with E-state index in [-0.39, 0.29) is 12.7 Å². The molecule has 0 amide bonds. The third-order valence-corrected chi connectivity index (χ3v) is 6.58. The third-order valence-electron chi connectivity index (χ3n) is 6.58. The Bertz CT molecular complexity index is 1000. The van der Waals surface area contributed by atoms with Gasteiger partial charge in [-0.05, 0) is 62.1 Å². The maximum atomic E-state index is 9.50. The predicted octanol–water partition coefficient (Wildman–Crippen LogP) is 2.83. The fourth-order valence-electron chi connectivity index (χ4n) is 4.53. The lowest BCUT2D eigenvalue weighted by Crippen LogP contribution is -2.36. The van der Waals surface area contributed by atoms with Gasteiger partial charge in [0.15, 0.2) is 0 Å². The number of nitrogens with two attached hydrogens (primary N) is 1. The van der Waals surface area contributed by atoms with Crippen LogP contribution in [0, 0.1) is 5.92 Å². The standard InChI is InChI=1S/C25H35N5O3/c1-32-21-12-20(13-22(15-21)33-2)30(8-3-11-31)19-4-5-23-24(14-19)28-25(17-27-23)29-9-6-18(16-26)7-10-29/h4-5,12-14,17-18,21,31H,3,6-11,15-16,26H2,1-2H3. The van der Waals surface area contributed by atoms with Crippen molar-refractivity contribution in [3.63, 3.8) is 0 Å². The van der Waals surface area contributed by atoms with Crippen molar-refractivity contribution in [3.05, 3.63) is 48.0 Å². The van der Waals surface area contributed by atoms with Gasteiger partial charge < -0.3 is 30.1 Å². The van der Waals surface area contributed by atoms with Crippen LogP contribution in [0.2, 0.25) is 0 Å². The Morgan fingerprint density at radius 2 is 2.03 bits per heavy atom. The lowest BCUT2D eigenvalue weighted by Gasteiger charge is -2.32. The fourth-order valence-corrected chi connectivity index (χ4v) is 4.53. The molecule has 2 aromatic rings. The van der Waals surface area contributed by atoms with Gasteiger partial charge in [0.25, 0.3) is 0 Å². The highest BCUT2D eigenvalue weighted by molar-refractivity contribution is 5.81. The summed E-state index contributed by atoms with van der Waals surface area (Å²) >= 11 is 0. The molecular formula is C25H35N5O3. The molecule has 2 aliphatic rings. The summed E-state index contributed by atoms with van der Waals surface area (Å²) < 4.78 is 11.1. The largest absolute Gasteiger partial charge is 0.501 e. The number of piperidine rings is 1. The molecule has 4 rings (SSSR count). The van der Waals surface area contributed by atoms with Crippen molar-refractivity contribution in [2.75, 3.05) is 56.8 Å². The fraction of sp³-hybridized carbons (Fsp3) is 0.520. The molecule has 0 saturated carbocycles. The van der Waals surface area contributed by atoms with Gasteiger partial charge in [-0.25, -0.2) is 4.98 Å². The van der Waals surface area contributed by atoms with E-state index in [4.69, 9.17) is 20.2 Å². The van der Waals surface area contributed by atoms with E-state index in [2.05, 4.69) is 33.0 Å². The molecular weight excluding hydrogens is 418 g/mol. The molecule has 3 N–H and O–H groups in total. The van der Waals surface area contributed by atoms with Crippen LogP contribution in [0.25, 0.3) is 11.0 Å². The van der Waals surface area contributed by atoms with Gasteiger partial charge in [0.2, 0.25) is 0 Å². The predicted molar refractivity (Wildman–Crippen MR) is 131 cm³/mol. The highest BCUT2D eigenvalue weighted by Gasteiger charge is 2.22. The van der Waals surface area contributed by atoms with Crippen molar-refractivity contribution >= 4 is 22.5 Å². The minimum absolute atomic E-state index is 0.0557. The number of benzene rings is 1. The lowest BCUT2D eigenvalue weighted by atomic mass is 9.97. The van der Waals surface area contributed by atoms with Gasteiger partial charge in [-0.3, -0.25) is 4.98 Å². The van der Waals surface area contributed by atoms with Crippen molar-refractivity contribution < 1.29 is 14.6 Å². The normalized spacial score (nSPS) is 19.4. The molecule has 1 unspecified atom stereocenters. The van der Waals surface area contributed by atoms with Crippen molar-refractivity contribution in [1.29, 1.82) is 0 Å². The molecule has 1 fully saturated rings. The minimum atomic E-state index is -0.0557. The molecule has 8 heteroatoms. The smallest absolute Gasteiger partial charge is 0.147 e. The average Bonchev–Trinajstić information content (AvgIpc) is 2.88. The molecule has 2 heterocycles. The van der Waals surface area contributed by atoms with Gasteiger partial charge in [0.1, 0.15) is 11.6 Å². The van der Waals surface area contributed by atoms with E-state index in [0.717, 1.165) is 66.5 Å². The summed E-state index contributed by atoms with van der Waals surface area (Å²) in [5.41, 5.74) is 9.56. The molecule has 0 radical (unpaired) electrons. The first-order chi connectivity index (χ1) is 16.1. The number of hydrogen-bond acceptors (Lipinski definition) is 8. The molecule has 8 nitrogen and oxygen atoms in total. The Morgan fingerprint density at radius 3 is 2.73 bits per heavy atom. The summed E-state index contributed by atoms with van der Waals surface area (Å²) in [6.45, 7) is 3.45. The Hall–Kier alpha value is -2.68. The molecule has 0 bridgehead atoms. The first kappa shape index (κ1) is 23.5. The third kappa shape index (κ3) is 5.46. The number of methoxy groups -OCH3 is 2. The topological polar surface area (TPSA) is 97.0 Å². The molecule has 33 heavy (non-hydrogen) atoms. The summed E-state index contributed by atoms with van der Waals surface area (Å²) in [5, 5.41) is 9.50. The Balaban J connectivity index is 1.65. The summed E-state index contributed by atoms with van der Waals surface area (Å²) in [7, 11) is 3.39. The molecule has 1 aliphatic heterocycles. The highest BCUT2D eigenvalue weighted by Crippen LogP contribution is 2.30. The second kappa shape index (κ2) is 11.0. The Kier molecular flexibility index (Phi) is 7.80. The van der Waals surface area contributed by atoms with E-state index >= 15 is 0 Å². The molecule has 1 aliphatic carbocycles. The van der Waals surface area contributed by atoms with Crippen LogP contribution in [-0.4, -0.2) is 68.2 Å². The zero-order valence-electron chi connectivity index (χ0n) is 19.6. The summed E-state index contributed by atoms with van der Waals surface area (Å²) in [4.78, 5) is 14.1. The maximum Gasteiger partial charge on any atom is 0.147 e. The van der Waals surface area contributed by atoms with Crippen LogP contribution >= 0.6 is 0 Å². The molecule has 1 aromatic heterocycles. The zero-order valence-corrected chi connectivity index (χ0v) is 19.6. The number of anilines is 2. The monoisotopic (exact) mass is 453 g/mol. The Morgan fingerprint density at radius 1 is 1.21 bits per heavy atom. The number of hydrogen-bond donors (Lipinski definition) is 2. The van der Waals surface area contributed by atoms with Crippen molar-refractivity contribution in [2.24, 2.45) is 11.7 Å². The van der Waals surface area contributed by atoms with Gasteiger partial charge in [-0.15, -0.1) is 0 Å². The van der Waals surface area contributed by atoms with Crippen LogP contribution < -0.4 is 15.5 Å². The van der Waals surface area contributed by atoms with E-state index in [1.54, 1.807) is 14.2 Å². The number of aliphatic hydroxyl groups is 1. The average molecular weight is 454 g/mol. The maximum absolute atomic E-state index is 9.50. The van der Waals surface area contributed by atoms with Gasteiger partial charge in [-0.2, -0.15) is 0 Å². The minimum Gasteiger partial charge on any atom is -0.501 e. The summed E-state index contributed by atoms with van der Waals surface area (Å²) in [6.07, 6.45) is 9.49. The Labute approximate surface area is 195 Å². The molecule has 0 spiro atoms. The number of aromatic nitrogens is 2.